The third kappa shape index (κ3) is 5.92. The minimum Gasteiger partial charge on any atom is -0.340 e. The highest BCUT2D eigenvalue weighted by atomic mass is 16.2. The van der Waals surface area contributed by atoms with Crippen LogP contribution < -0.4 is 0 Å². The van der Waals surface area contributed by atoms with E-state index in [0.717, 1.165) is 65.2 Å². The van der Waals surface area contributed by atoms with Gasteiger partial charge in [0.05, 0.1) is 0 Å². The van der Waals surface area contributed by atoms with Crippen LogP contribution >= 0.6 is 0 Å². The van der Waals surface area contributed by atoms with Crippen molar-refractivity contribution in [1.29, 1.82) is 0 Å². The molecule has 5 nitrogen and oxygen atoms in total. The highest BCUT2D eigenvalue weighted by molar-refractivity contribution is 5.79. The van der Waals surface area contributed by atoms with E-state index >= 15 is 0 Å². The molecule has 0 radical (unpaired) electrons. The molecular weight excluding hydrogens is 384 g/mol. The number of likely N-dealkylation sites (tertiary alicyclic amines) is 1. The van der Waals surface area contributed by atoms with Crippen molar-refractivity contribution in [3.63, 3.8) is 0 Å². The molecule has 3 heterocycles. The summed E-state index contributed by atoms with van der Waals surface area (Å²) in [6, 6.07) is 13.2. The second kappa shape index (κ2) is 10.4. The topological polar surface area (TPSA) is 39.7 Å². The van der Waals surface area contributed by atoms with Crippen LogP contribution in [0.4, 0.5) is 0 Å². The van der Waals surface area contributed by atoms with Gasteiger partial charge < -0.3 is 4.90 Å². The van der Waals surface area contributed by atoms with E-state index in [-0.39, 0.29) is 5.92 Å². The summed E-state index contributed by atoms with van der Waals surface area (Å²) in [5.41, 5.74) is 4.06. The van der Waals surface area contributed by atoms with Gasteiger partial charge in [0.25, 0.3) is 0 Å². The third-order valence-corrected chi connectivity index (χ3v) is 6.83. The predicted octanol–water partition coefficient (Wildman–Crippen LogP) is 3.76. The maximum Gasteiger partial charge on any atom is 0.225 e. The zero-order valence-electron chi connectivity index (χ0n) is 19.0. The van der Waals surface area contributed by atoms with E-state index in [2.05, 4.69) is 69.9 Å². The third-order valence-electron chi connectivity index (χ3n) is 6.83. The van der Waals surface area contributed by atoms with Crippen molar-refractivity contribution in [1.82, 2.24) is 19.7 Å². The summed E-state index contributed by atoms with van der Waals surface area (Å²) >= 11 is 0. The first-order valence-electron chi connectivity index (χ1n) is 11.8. The Morgan fingerprint density at radius 2 is 1.39 bits per heavy atom. The summed E-state index contributed by atoms with van der Waals surface area (Å²) in [7, 11) is 0. The first-order valence-corrected chi connectivity index (χ1v) is 11.8. The SMILES string of the molecule is CC(C)c1ccc(CN2CCN(C(=O)C3CCN(Cc4ccncc4)CC3)CC2)cc1. The van der Waals surface area contributed by atoms with Crippen LogP contribution in [0, 0.1) is 5.92 Å². The zero-order valence-corrected chi connectivity index (χ0v) is 19.0. The van der Waals surface area contributed by atoms with Crippen LogP contribution in [-0.2, 0) is 17.9 Å². The van der Waals surface area contributed by atoms with Crippen LogP contribution in [0.3, 0.4) is 0 Å². The lowest BCUT2D eigenvalue weighted by molar-refractivity contribution is -0.139. The highest BCUT2D eigenvalue weighted by Gasteiger charge is 2.30. The standard InChI is InChI=1S/C26H36N4O/c1-21(2)24-5-3-22(4-6-24)19-29-15-17-30(18-16-29)26(31)25-9-13-28(14-10-25)20-23-7-11-27-12-8-23/h3-8,11-12,21,25H,9-10,13-20H2,1-2H3. The molecule has 1 aromatic carbocycles. The molecule has 2 aliphatic rings. The molecule has 0 saturated carbocycles. The predicted molar refractivity (Wildman–Crippen MR) is 125 cm³/mol. The van der Waals surface area contributed by atoms with Crippen molar-refractivity contribution < 1.29 is 4.79 Å². The number of rotatable bonds is 6. The van der Waals surface area contributed by atoms with Crippen LogP contribution in [0.1, 0.15) is 49.3 Å². The van der Waals surface area contributed by atoms with E-state index in [4.69, 9.17) is 0 Å². The molecule has 5 heteroatoms. The normalized spacial score (nSPS) is 19.1. The molecule has 31 heavy (non-hydrogen) atoms. The number of piperazine rings is 1. The van der Waals surface area contributed by atoms with Crippen molar-refractivity contribution in [3.8, 4) is 0 Å². The molecule has 1 aromatic heterocycles. The molecule has 2 aliphatic heterocycles. The lowest BCUT2D eigenvalue weighted by Crippen LogP contribution is -2.51. The molecule has 2 aromatic rings. The first-order chi connectivity index (χ1) is 15.1. The molecule has 2 fully saturated rings. The quantitative estimate of drug-likeness (QED) is 0.713. The van der Waals surface area contributed by atoms with Gasteiger partial charge in [0.2, 0.25) is 5.91 Å². The summed E-state index contributed by atoms with van der Waals surface area (Å²) in [4.78, 5) is 24.2. The summed E-state index contributed by atoms with van der Waals surface area (Å²) in [5, 5.41) is 0. The molecule has 0 N–H and O–H groups in total. The number of carbonyl (C=O) groups excluding carboxylic acids is 1. The van der Waals surface area contributed by atoms with E-state index in [1.807, 2.05) is 12.4 Å². The van der Waals surface area contributed by atoms with Crippen molar-refractivity contribution in [2.24, 2.45) is 5.92 Å². The Bertz CT molecular complexity index is 820. The second-order valence-corrected chi connectivity index (χ2v) is 9.40. The van der Waals surface area contributed by atoms with Crippen molar-refractivity contribution in [2.75, 3.05) is 39.3 Å². The molecule has 1 amide bonds. The molecule has 0 atom stereocenters. The molecule has 0 bridgehead atoms. The van der Waals surface area contributed by atoms with Crippen molar-refractivity contribution in [3.05, 3.63) is 65.5 Å². The molecule has 2 saturated heterocycles. The molecular formula is C26H36N4O. The van der Waals surface area contributed by atoms with Gasteiger partial charge in [-0.25, -0.2) is 0 Å². The van der Waals surface area contributed by atoms with Crippen molar-refractivity contribution in [2.45, 2.75) is 45.7 Å². The number of hydrogen-bond donors (Lipinski definition) is 0. The number of hydrogen-bond acceptors (Lipinski definition) is 4. The van der Waals surface area contributed by atoms with Gasteiger partial charge in [0.1, 0.15) is 0 Å². The average Bonchev–Trinajstić information content (AvgIpc) is 2.81. The fourth-order valence-corrected chi connectivity index (χ4v) is 4.74. The fraction of sp³-hybridized carbons (Fsp3) is 0.538. The van der Waals surface area contributed by atoms with Gasteiger partial charge in [0.15, 0.2) is 0 Å². The van der Waals surface area contributed by atoms with E-state index < -0.39 is 0 Å². The zero-order chi connectivity index (χ0) is 21.6. The minimum absolute atomic E-state index is 0.198. The Kier molecular flexibility index (Phi) is 7.36. The summed E-state index contributed by atoms with van der Waals surface area (Å²) in [5.74, 6) is 1.15. The first kappa shape index (κ1) is 22.0. The van der Waals surface area contributed by atoms with Gasteiger partial charge in [0, 0.05) is 57.6 Å². The Labute approximate surface area is 187 Å². The van der Waals surface area contributed by atoms with E-state index in [1.165, 1.54) is 16.7 Å². The fourth-order valence-electron chi connectivity index (χ4n) is 4.74. The Hall–Kier alpha value is -2.24. The van der Waals surface area contributed by atoms with Gasteiger partial charge in [-0.3, -0.25) is 19.6 Å². The van der Waals surface area contributed by atoms with Crippen LogP contribution in [0.25, 0.3) is 0 Å². The minimum atomic E-state index is 0.198. The summed E-state index contributed by atoms with van der Waals surface area (Å²) in [6.07, 6.45) is 5.66. The number of benzene rings is 1. The number of carbonyl (C=O) groups is 1. The summed E-state index contributed by atoms with van der Waals surface area (Å²) in [6.45, 7) is 12.1. The molecule has 0 aliphatic carbocycles. The molecule has 166 valence electrons. The van der Waals surface area contributed by atoms with Crippen LogP contribution in [0.2, 0.25) is 0 Å². The number of piperidine rings is 1. The van der Waals surface area contributed by atoms with Gasteiger partial charge in [-0.05, 0) is 60.7 Å². The monoisotopic (exact) mass is 420 g/mol. The van der Waals surface area contributed by atoms with E-state index in [0.29, 0.717) is 11.8 Å². The lowest BCUT2D eigenvalue weighted by Gasteiger charge is -2.38. The highest BCUT2D eigenvalue weighted by Crippen LogP contribution is 2.22. The van der Waals surface area contributed by atoms with E-state index in [9.17, 15) is 4.79 Å². The van der Waals surface area contributed by atoms with Gasteiger partial charge in [-0.15, -0.1) is 0 Å². The lowest BCUT2D eigenvalue weighted by atomic mass is 9.94. The number of aromatic nitrogens is 1. The maximum atomic E-state index is 13.1. The molecule has 0 unspecified atom stereocenters. The second-order valence-electron chi connectivity index (χ2n) is 9.40. The Morgan fingerprint density at radius 3 is 1.97 bits per heavy atom. The number of pyridine rings is 1. The smallest absolute Gasteiger partial charge is 0.225 e. The number of amides is 1. The van der Waals surface area contributed by atoms with Gasteiger partial charge >= 0.3 is 0 Å². The van der Waals surface area contributed by atoms with Crippen LogP contribution in [0.5, 0.6) is 0 Å². The average molecular weight is 421 g/mol. The Balaban J connectivity index is 1.20. The van der Waals surface area contributed by atoms with Crippen molar-refractivity contribution >= 4 is 5.91 Å². The molecule has 0 spiro atoms. The van der Waals surface area contributed by atoms with E-state index in [1.54, 1.807) is 0 Å². The Morgan fingerprint density at radius 1 is 0.839 bits per heavy atom. The van der Waals surface area contributed by atoms with Gasteiger partial charge in [-0.2, -0.15) is 0 Å². The van der Waals surface area contributed by atoms with Crippen LogP contribution in [0.15, 0.2) is 48.8 Å². The van der Waals surface area contributed by atoms with Gasteiger partial charge in [-0.1, -0.05) is 38.1 Å². The molecule has 4 rings (SSSR count). The summed E-state index contributed by atoms with van der Waals surface area (Å²) < 4.78 is 0. The number of nitrogens with zero attached hydrogens (tertiary/aromatic N) is 4. The maximum absolute atomic E-state index is 13.1. The van der Waals surface area contributed by atoms with Crippen LogP contribution in [-0.4, -0.2) is 64.9 Å². The largest absolute Gasteiger partial charge is 0.340 e.